The number of aliphatic carboxylic acids is 1. The first-order valence-corrected chi connectivity index (χ1v) is 8.66. The van der Waals surface area contributed by atoms with Gasteiger partial charge < -0.3 is 14.6 Å². The lowest BCUT2D eigenvalue weighted by molar-refractivity contribution is -0.160. The molecule has 138 valence electrons. The summed E-state index contributed by atoms with van der Waals surface area (Å²) in [6.45, 7) is 3.97. The number of benzene rings is 2. The zero-order valence-corrected chi connectivity index (χ0v) is 15.1. The zero-order valence-electron chi connectivity index (χ0n) is 15.1. The fraction of sp³-hybridized carbons (Fsp3) is 0.333. The number of unbranched alkanes of at least 4 members (excludes halogenated alkanes) is 1. The molecular weight excluding hydrogens is 332 g/mol. The molecule has 0 saturated heterocycles. The van der Waals surface area contributed by atoms with Crippen LogP contribution in [0.25, 0.3) is 0 Å². The van der Waals surface area contributed by atoms with Gasteiger partial charge in [-0.1, -0.05) is 55.8 Å². The average molecular weight is 356 g/mol. The fourth-order valence-electron chi connectivity index (χ4n) is 2.41. The highest BCUT2D eigenvalue weighted by molar-refractivity contribution is 6.05. The highest BCUT2D eigenvalue weighted by Gasteiger charge is 2.44. The van der Waals surface area contributed by atoms with Crippen LogP contribution in [0.5, 0.6) is 5.75 Å². The molecule has 0 aliphatic heterocycles. The molecule has 5 nitrogen and oxygen atoms in total. The Hall–Kier alpha value is -2.82. The van der Waals surface area contributed by atoms with E-state index in [-0.39, 0.29) is 6.61 Å². The molecule has 1 atom stereocenters. The van der Waals surface area contributed by atoms with Crippen LogP contribution in [0.1, 0.15) is 37.8 Å². The highest BCUT2D eigenvalue weighted by atomic mass is 16.5. The summed E-state index contributed by atoms with van der Waals surface area (Å²) in [5, 5.41) is 9.60. The molecule has 0 saturated carbocycles. The van der Waals surface area contributed by atoms with Crippen molar-refractivity contribution < 1.29 is 24.2 Å². The van der Waals surface area contributed by atoms with E-state index in [0.29, 0.717) is 24.3 Å². The Labute approximate surface area is 153 Å². The maximum Gasteiger partial charge on any atom is 0.327 e. The minimum atomic E-state index is -1.74. The minimum Gasteiger partial charge on any atom is -0.489 e. The monoisotopic (exact) mass is 356 g/mol. The Morgan fingerprint density at radius 1 is 1.04 bits per heavy atom. The molecule has 1 N–H and O–H groups in total. The third kappa shape index (κ3) is 4.63. The molecule has 0 bridgehead atoms. The maximum absolute atomic E-state index is 12.3. The van der Waals surface area contributed by atoms with Crippen LogP contribution >= 0.6 is 0 Å². The van der Waals surface area contributed by atoms with E-state index in [1.165, 1.54) is 6.92 Å². The fourth-order valence-corrected chi connectivity index (χ4v) is 2.41. The van der Waals surface area contributed by atoms with Gasteiger partial charge in [-0.05, 0) is 36.6 Å². The zero-order chi connectivity index (χ0) is 19.0. The summed E-state index contributed by atoms with van der Waals surface area (Å²) in [5.41, 5.74) is -0.351. The standard InChI is InChI=1S/C21H24O5/c1-3-4-14-25-20(24)21(2,19(22)23)17-10-12-18(13-11-17)26-15-16-8-6-5-7-9-16/h5-13H,3-4,14-15H2,1-2H3,(H,22,23). The molecule has 0 aliphatic rings. The molecule has 0 aromatic heterocycles. The van der Waals surface area contributed by atoms with Crippen molar-refractivity contribution in [3.05, 3.63) is 65.7 Å². The van der Waals surface area contributed by atoms with Gasteiger partial charge >= 0.3 is 11.9 Å². The molecule has 26 heavy (non-hydrogen) atoms. The Kier molecular flexibility index (Phi) is 6.78. The second-order valence-electron chi connectivity index (χ2n) is 6.22. The molecule has 2 rings (SSSR count). The lowest BCUT2D eigenvalue weighted by Gasteiger charge is -2.23. The summed E-state index contributed by atoms with van der Waals surface area (Å²) in [5.74, 6) is -1.39. The molecule has 2 aromatic rings. The predicted molar refractivity (Wildman–Crippen MR) is 98.1 cm³/mol. The highest BCUT2D eigenvalue weighted by Crippen LogP contribution is 2.28. The first kappa shape index (κ1) is 19.5. The van der Waals surface area contributed by atoms with Gasteiger partial charge in [0.05, 0.1) is 6.61 Å². The topological polar surface area (TPSA) is 72.8 Å². The quantitative estimate of drug-likeness (QED) is 0.418. The smallest absolute Gasteiger partial charge is 0.327 e. The van der Waals surface area contributed by atoms with Crippen molar-refractivity contribution in [2.45, 2.75) is 38.7 Å². The molecule has 0 radical (unpaired) electrons. The maximum atomic E-state index is 12.3. The van der Waals surface area contributed by atoms with Crippen molar-refractivity contribution in [2.24, 2.45) is 0 Å². The summed E-state index contributed by atoms with van der Waals surface area (Å²) in [4.78, 5) is 24.1. The van der Waals surface area contributed by atoms with Crippen LogP contribution in [0.2, 0.25) is 0 Å². The van der Waals surface area contributed by atoms with Gasteiger partial charge in [0.2, 0.25) is 0 Å². The van der Waals surface area contributed by atoms with Gasteiger partial charge in [-0.2, -0.15) is 0 Å². The van der Waals surface area contributed by atoms with E-state index >= 15 is 0 Å². The van der Waals surface area contributed by atoms with Gasteiger partial charge in [0.25, 0.3) is 0 Å². The lowest BCUT2D eigenvalue weighted by atomic mass is 9.82. The van der Waals surface area contributed by atoms with Gasteiger partial charge in [0.1, 0.15) is 12.4 Å². The number of carbonyl (C=O) groups is 2. The van der Waals surface area contributed by atoms with Crippen molar-refractivity contribution >= 4 is 11.9 Å². The number of ether oxygens (including phenoxy) is 2. The number of rotatable bonds is 9. The van der Waals surface area contributed by atoms with Crippen LogP contribution < -0.4 is 4.74 Å². The molecule has 0 aliphatic carbocycles. The van der Waals surface area contributed by atoms with Crippen LogP contribution in [0.15, 0.2) is 54.6 Å². The van der Waals surface area contributed by atoms with Crippen LogP contribution in [0.4, 0.5) is 0 Å². The number of esters is 1. The molecule has 2 aromatic carbocycles. The molecule has 0 spiro atoms. The number of carbonyl (C=O) groups excluding carboxylic acids is 1. The van der Waals surface area contributed by atoms with Crippen molar-refractivity contribution in [2.75, 3.05) is 6.61 Å². The van der Waals surface area contributed by atoms with Crippen LogP contribution in [-0.4, -0.2) is 23.7 Å². The van der Waals surface area contributed by atoms with Crippen molar-refractivity contribution in [1.29, 1.82) is 0 Å². The van der Waals surface area contributed by atoms with E-state index < -0.39 is 17.4 Å². The number of hydrogen-bond acceptors (Lipinski definition) is 4. The molecule has 0 fully saturated rings. The molecule has 0 amide bonds. The number of carboxylic acids is 1. The van der Waals surface area contributed by atoms with E-state index in [1.807, 2.05) is 37.3 Å². The Bertz CT molecular complexity index is 724. The Morgan fingerprint density at radius 3 is 2.27 bits per heavy atom. The van der Waals surface area contributed by atoms with Gasteiger partial charge in [-0.15, -0.1) is 0 Å². The van der Waals surface area contributed by atoms with E-state index in [1.54, 1.807) is 24.3 Å². The molecule has 1 unspecified atom stereocenters. The summed E-state index contributed by atoms with van der Waals surface area (Å²) in [7, 11) is 0. The predicted octanol–water partition coefficient (Wildman–Crippen LogP) is 3.95. The number of hydrogen-bond donors (Lipinski definition) is 1. The van der Waals surface area contributed by atoms with Gasteiger partial charge in [-0.25, -0.2) is 0 Å². The Balaban J connectivity index is 2.09. The van der Waals surface area contributed by atoms with Crippen molar-refractivity contribution in [3.63, 3.8) is 0 Å². The average Bonchev–Trinajstić information content (AvgIpc) is 2.67. The van der Waals surface area contributed by atoms with Gasteiger partial charge in [0.15, 0.2) is 5.41 Å². The second kappa shape index (κ2) is 9.04. The minimum absolute atomic E-state index is 0.219. The van der Waals surface area contributed by atoms with Gasteiger partial charge in [0, 0.05) is 0 Å². The summed E-state index contributed by atoms with van der Waals surface area (Å²) in [6.07, 6.45) is 1.57. The third-order valence-corrected chi connectivity index (χ3v) is 4.25. The van der Waals surface area contributed by atoms with Gasteiger partial charge in [-0.3, -0.25) is 9.59 Å². The van der Waals surface area contributed by atoms with Crippen molar-refractivity contribution in [3.8, 4) is 5.75 Å². The molecular formula is C21H24O5. The summed E-state index contributed by atoms with van der Waals surface area (Å²) < 4.78 is 10.8. The van der Waals surface area contributed by atoms with E-state index in [9.17, 15) is 14.7 Å². The van der Waals surface area contributed by atoms with Crippen LogP contribution in [-0.2, 0) is 26.3 Å². The Morgan fingerprint density at radius 2 is 1.69 bits per heavy atom. The first-order chi connectivity index (χ1) is 12.5. The van der Waals surface area contributed by atoms with Crippen LogP contribution in [0.3, 0.4) is 0 Å². The lowest BCUT2D eigenvalue weighted by Crippen LogP contribution is -2.42. The van der Waals surface area contributed by atoms with E-state index in [4.69, 9.17) is 9.47 Å². The largest absolute Gasteiger partial charge is 0.489 e. The first-order valence-electron chi connectivity index (χ1n) is 8.66. The molecule has 5 heteroatoms. The second-order valence-corrected chi connectivity index (χ2v) is 6.22. The SMILES string of the molecule is CCCCOC(=O)C(C)(C(=O)O)c1ccc(OCc2ccccc2)cc1. The van der Waals surface area contributed by atoms with Crippen LogP contribution in [0, 0.1) is 0 Å². The summed E-state index contributed by atoms with van der Waals surface area (Å²) in [6, 6.07) is 16.2. The number of carboxylic acid groups (broad SMARTS) is 1. The third-order valence-electron chi connectivity index (χ3n) is 4.25. The normalized spacial score (nSPS) is 12.8. The molecule has 0 heterocycles. The van der Waals surface area contributed by atoms with E-state index in [0.717, 1.165) is 12.0 Å². The van der Waals surface area contributed by atoms with E-state index in [2.05, 4.69) is 0 Å². The summed E-state index contributed by atoms with van der Waals surface area (Å²) >= 11 is 0. The van der Waals surface area contributed by atoms with Crippen molar-refractivity contribution in [1.82, 2.24) is 0 Å².